The molecule has 3 heteroatoms. The maximum Gasteiger partial charge on any atom is 0.250 e. The third-order valence-electron chi connectivity index (χ3n) is 6.59. The molecule has 3 aromatic rings. The van der Waals surface area contributed by atoms with Gasteiger partial charge in [-0.15, -0.1) is 0 Å². The molecule has 6 rings (SSSR count). The fourth-order valence-electron chi connectivity index (χ4n) is 5.45. The van der Waals surface area contributed by atoms with Crippen molar-refractivity contribution in [1.29, 1.82) is 0 Å². The Hall–Kier alpha value is -2.68. The van der Waals surface area contributed by atoms with Crippen LogP contribution in [0.5, 0.6) is 0 Å². The Morgan fingerprint density at radius 2 is 1.33 bits per heavy atom. The van der Waals surface area contributed by atoms with E-state index in [0.717, 1.165) is 12.8 Å². The molecule has 150 valence electrons. The number of hydrogen-bond acceptors (Lipinski definition) is 2. The first-order chi connectivity index (χ1) is 14.6. The van der Waals surface area contributed by atoms with Crippen LogP contribution < -0.4 is 0 Å². The zero-order valence-electron chi connectivity index (χ0n) is 16.7. The van der Waals surface area contributed by atoms with Crippen LogP contribution in [0.25, 0.3) is 0 Å². The molecule has 0 fully saturated rings. The number of benzene rings is 3. The van der Waals surface area contributed by atoms with Crippen LogP contribution in [-0.4, -0.2) is 18.5 Å². The fraction of sp³-hybridized carbons (Fsp3) is 0.222. The van der Waals surface area contributed by atoms with Crippen molar-refractivity contribution in [3.05, 3.63) is 118 Å². The number of hydrogen-bond donors (Lipinski definition) is 0. The molecule has 30 heavy (non-hydrogen) atoms. The molecule has 0 aromatic heterocycles. The van der Waals surface area contributed by atoms with Crippen molar-refractivity contribution in [3.63, 3.8) is 0 Å². The fourth-order valence-corrected chi connectivity index (χ4v) is 5.50. The van der Waals surface area contributed by atoms with E-state index >= 15 is 0 Å². The summed E-state index contributed by atoms with van der Waals surface area (Å²) in [6.45, 7) is 4.40. The molecule has 3 aromatic carbocycles. The molecule has 0 unspecified atom stereocenters. The smallest absolute Gasteiger partial charge is 0.250 e. The van der Waals surface area contributed by atoms with Gasteiger partial charge in [0.15, 0.2) is 0 Å². The average molecular weight is 415 g/mol. The van der Waals surface area contributed by atoms with Gasteiger partial charge in [-0.3, -0.25) is 4.79 Å². The van der Waals surface area contributed by atoms with Crippen LogP contribution in [0.1, 0.15) is 52.1 Å². The summed E-state index contributed by atoms with van der Waals surface area (Å²) in [7, 11) is 0. The van der Waals surface area contributed by atoms with Gasteiger partial charge in [-0.05, 0) is 57.8 Å². The standard InChI is InChI=1S/C27H23ClO2/c1-18(26(28)29)17-30-16-8-15-27-22-12-5-2-9-19(22)25(20-10-3-6-13-23(20)27)21-11-4-7-14-24(21)27/h2-7,9-14,25H,1,8,15-17H2. The minimum Gasteiger partial charge on any atom is -0.377 e. The van der Waals surface area contributed by atoms with Crippen molar-refractivity contribution in [2.24, 2.45) is 0 Å². The summed E-state index contributed by atoms with van der Waals surface area (Å²) in [6, 6.07) is 26.6. The first-order valence-corrected chi connectivity index (χ1v) is 10.8. The first-order valence-electron chi connectivity index (χ1n) is 10.4. The highest BCUT2D eigenvalue weighted by atomic mass is 35.5. The van der Waals surface area contributed by atoms with Gasteiger partial charge in [0.25, 0.3) is 0 Å². The van der Waals surface area contributed by atoms with Gasteiger partial charge in [-0.2, -0.15) is 0 Å². The van der Waals surface area contributed by atoms with E-state index in [-0.39, 0.29) is 12.0 Å². The molecule has 2 bridgehead atoms. The summed E-state index contributed by atoms with van der Waals surface area (Å²) in [5.41, 5.74) is 8.59. The number of carbonyl (C=O) groups is 1. The molecule has 0 saturated heterocycles. The molecular formula is C27H23ClO2. The molecule has 0 amide bonds. The monoisotopic (exact) mass is 414 g/mol. The lowest BCUT2D eigenvalue weighted by atomic mass is 9.52. The van der Waals surface area contributed by atoms with E-state index in [4.69, 9.17) is 16.3 Å². The van der Waals surface area contributed by atoms with E-state index in [1.165, 1.54) is 33.4 Å². The topological polar surface area (TPSA) is 26.3 Å². The van der Waals surface area contributed by atoms with Gasteiger partial charge in [0.1, 0.15) is 0 Å². The lowest BCUT2D eigenvalue weighted by molar-refractivity contribution is -0.109. The number of ether oxygens (including phenoxy) is 1. The largest absolute Gasteiger partial charge is 0.377 e. The van der Waals surface area contributed by atoms with Crippen LogP contribution in [0.3, 0.4) is 0 Å². The molecule has 3 aliphatic carbocycles. The Morgan fingerprint density at radius 1 is 0.867 bits per heavy atom. The van der Waals surface area contributed by atoms with E-state index in [0.29, 0.717) is 18.1 Å². The van der Waals surface area contributed by atoms with E-state index in [9.17, 15) is 4.79 Å². The maximum absolute atomic E-state index is 11.2. The minimum atomic E-state index is -0.532. The number of halogens is 1. The van der Waals surface area contributed by atoms with Crippen molar-refractivity contribution in [2.45, 2.75) is 24.2 Å². The average Bonchev–Trinajstić information content (AvgIpc) is 2.78. The van der Waals surface area contributed by atoms with Crippen molar-refractivity contribution >= 4 is 16.8 Å². The van der Waals surface area contributed by atoms with Crippen LogP contribution in [0, 0.1) is 0 Å². The van der Waals surface area contributed by atoms with E-state index in [2.05, 4.69) is 79.4 Å². The second-order valence-corrected chi connectivity index (χ2v) is 8.48. The zero-order valence-corrected chi connectivity index (χ0v) is 17.5. The third-order valence-corrected chi connectivity index (χ3v) is 6.86. The van der Waals surface area contributed by atoms with Gasteiger partial charge < -0.3 is 4.74 Å². The highest BCUT2D eigenvalue weighted by Gasteiger charge is 2.50. The molecule has 0 atom stereocenters. The van der Waals surface area contributed by atoms with Crippen LogP contribution in [0.15, 0.2) is 84.9 Å². The Bertz CT molecular complexity index is 1030. The third kappa shape index (κ3) is 2.79. The van der Waals surface area contributed by atoms with Crippen LogP contribution >= 0.6 is 11.6 Å². The van der Waals surface area contributed by atoms with Gasteiger partial charge >= 0.3 is 0 Å². The maximum atomic E-state index is 11.2. The quantitative estimate of drug-likeness (QED) is 0.271. The summed E-state index contributed by atoms with van der Waals surface area (Å²) >= 11 is 5.46. The SMILES string of the molecule is C=C(COCCCC12c3ccccc3C(c3ccccc31)c1ccccc12)C(=O)Cl. The van der Waals surface area contributed by atoms with E-state index < -0.39 is 5.24 Å². The minimum absolute atomic E-state index is 0.179. The summed E-state index contributed by atoms with van der Waals surface area (Å²) in [6.07, 6.45) is 1.80. The van der Waals surface area contributed by atoms with Gasteiger partial charge in [-0.25, -0.2) is 0 Å². The second kappa shape index (κ2) is 7.54. The number of rotatable bonds is 7. The summed E-state index contributed by atoms with van der Waals surface area (Å²) in [5.74, 6) is 0.296. The number of carbonyl (C=O) groups excluding carboxylic acids is 1. The molecule has 0 heterocycles. The summed E-state index contributed by atoms with van der Waals surface area (Å²) < 4.78 is 5.71. The highest BCUT2D eigenvalue weighted by Crippen LogP contribution is 2.60. The molecule has 0 saturated carbocycles. The molecule has 0 aliphatic heterocycles. The van der Waals surface area contributed by atoms with Crippen LogP contribution in [0.4, 0.5) is 0 Å². The Labute approximate surface area is 182 Å². The molecule has 0 radical (unpaired) electrons. The first kappa shape index (κ1) is 19.3. The summed E-state index contributed by atoms with van der Waals surface area (Å²) in [5, 5.41) is -0.532. The lowest BCUT2D eigenvalue weighted by Gasteiger charge is -2.51. The van der Waals surface area contributed by atoms with Crippen LogP contribution in [-0.2, 0) is 14.9 Å². The van der Waals surface area contributed by atoms with Crippen molar-refractivity contribution in [2.75, 3.05) is 13.2 Å². The van der Waals surface area contributed by atoms with Crippen molar-refractivity contribution in [1.82, 2.24) is 0 Å². The zero-order chi connectivity index (χ0) is 20.7. The Kier molecular flexibility index (Phi) is 4.85. The van der Waals surface area contributed by atoms with Gasteiger partial charge in [0.2, 0.25) is 5.24 Å². The van der Waals surface area contributed by atoms with E-state index in [1.807, 2.05) is 0 Å². The van der Waals surface area contributed by atoms with Gasteiger partial charge in [0.05, 0.1) is 6.61 Å². The van der Waals surface area contributed by atoms with E-state index in [1.54, 1.807) is 0 Å². The molecule has 0 N–H and O–H groups in total. The van der Waals surface area contributed by atoms with Crippen molar-refractivity contribution < 1.29 is 9.53 Å². The Balaban J connectivity index is 1.55. The summed E-state index contributed by atoms with van der Waals surface area (Å²) in [4.78, 5) is 11.2. The second-order valence-electron chi connectivity index (χ2n) is 8.13. The molecule has 0 spiro atoms. The van der Waals surface area contributed by atoms with Crippen LogP contribution in [0.2, 0.25) is 0 Å². The van der Waals surface area contributed by atoms with Gasteiger partial charge in [0, 0.05) is 23.5 Å². The van der Waals surface area contributed by atoms with Crippen molar-refractivity contribution in [3.8, 4) is 0 Å². The molecule has 2 nitrogen and oxygen atoms in total. The molecule has 3 aliphatic rings. The Morgan fingerprint density at radius 3 is 1.80 bits per heavy atom. The molecular weight excluding hydrogens is 392 g/mol. The van der Waals surface area contributed by atoms with Gasteiger partial charge in [-0.1, -0.05) is 79.4 Å². The highest BCUT2D eigenvalue weighted by molar-refractivity contribution is 6.67. The predicted octanol–water partition coefficient (Wildman–Crippen LogP) is 5.95. The normalized spacial score (nSPS) is 20.2. The lowest BCUT2D eigenvalue weighted by Crippen LogP contribution is -2.42. The predicted molar refractivity (Wildman–Crippen MR) is 120 cm³/mol.